The standard InChI is InChI=1S/C8H7ClF3NO2/c1-4-5(3-9)6(14)2-7(13-4)15-8(10,11)12/h2H,3H2,1H3,(H,13,14). The third-order valence-corrected chi connectivity index (χ3v) is 1.95. The summed E-state index contributed by atoms with van der Waals surface area (Å²) < 4.78 is 39.0. The largest absolute Gasteiger partial charge is 0.574 e. The Morgan fingerprint density at radius 2 is 2.13 bits per heavy atom. The van der Waals surface area contributed by atoms with Gasteiger partial charge in [-0.25, -0.2) is 0 Å². The molecule has 84 valence electrons. The minimum Gasteiger partial charge on any atom is -0.390 e. The zero-order chi connectivity index (χ0) is 11.6. The second-order valence-corrected chi connectivity index (χ2v) is 3.05. The van der Waals surface area contributed by atoms with Crippen molar-refractivity contribution in [1.82, 2.24) is 4.98 Å². The lowest BCUT2D eigenvalue weighted by molar-refractivity contribution is -0.276. The monoisotopic (exact) mass is 241 g/mol. The fourth-order valence-electron chi connectivity index (χ4n) is 1.03. The Labute approximate surface area is 87.8 Å². The van der Waals surface area contributed by atoms with Crippen LogP contribution in [-0.4, -0.2) is 11.3 Å². The maximum atomic E-state index is 11.8. The van der Waals surface area contributed by atoms with Crippen LogP contribution in [0, 0.1) is 6.92 Å². The number of pyridine rings is 1. The van der Waals surface area contributed by atoms with Gasteiger partial charge in [0.2, 0.25) is 5.88 Å². The van der Waals surface area contributed by atoms with Gasteiger partial charge in [0.15, 0.2) is 5.43 Å². The van der Waals surface area contributed by atoms with Crippen LogP contribution in [0.1, 0.15) is 11.3 Å². The van der Waals surface area contributed by atoms with Crippen molar-refractivity contribution in [2.24, 2.45) is 0 Å². The number of nitrogens with one attached hydrogen (secondary N) is 1. The fourth-order valence-corrected chi connectivity index (χ4v) is 1.37. The number of aromatic amines is 1. The van der Waals surface area contributed by atoms with Crippen molar-refractivity contribution in [3.63, 3.8) is 0 Å². The quantitative estimate of drug-likeness (QED) is 0.808. The molecular formula is C8H7ClF3NO2. The lowest BCUT2D eigenvalue weighted by atomic mass is 10.2. The number of H-pyrrole nitrogens is 1. The van der Waals surface area contributed by atoms with E-state index >= 15 is 0 Å². The lowest BCUT2D eigenvalue weighted by Gasteiger charge is -2.10. The molecule has 1 rings (SSSR count). The van der Waals surface area contributed by atoms with Crippen LogP contribution in [0.25, 0.3) is 0 Å². The molecule has 0 saturated heterocycles. The summed E-state index contributed by atoms with van der Waals surface area (Å²) in [6.07, 6.45) is -4.82. The van der Waals surface area contributed by atoms with E-state index < -0.39 is 17.7 Å². The average molecular weight is 242 g/mol. The summed E-state index contributed by atoms with van der Waals surface area (Å²) in [4.78, 5) is 13.5. The van der Waals surface area contributed by atoms with Gasteiger partial charge in [0.1, 0.15) is 0 Å². The molecule has 0 aliphatic carbocycles. The van der Waals surface area contributed by atoms with E-state index in [1.54, 1.807) is 0 Å². The van der Waals surface area contributed by atoms with Crippen LogP contribution in [0.3, 0.4) is 0 Å². The van der Waals surface area contributed by atoms with Crippen LogP contribution < -0.4 is 10.2 Å². The molecule has 0 aromatic carbocycles. The van der Waals surface area contributed by atoms with Crippen LogP contribution in [-0.2, 0) is 5.88 Å². The maximum absolute atomic E-state index is 11.8. The van der Waals surface area contributed by atoms with Crippen molar-refractivity contribution in [3.05, 3.63) is 27.5 Å². The highest BCUT2D eigenvalue weighted by atomic mass is 35.5. The summed E-state index contributed by atoms with van der Waals surface area (Å²) in [5.41, 5.74) is -0.0940. The molecule has 0 atom stereocenters. The Morgan fingerprint density at radius 3 is 2.53 bits per heavy atom. The predicted octanol–water partition coefficient (Wildman–Crippen LogP) is 2.32. The van der Waals surface area contributed by atoms with Crippen molar-refractivity contribution in [2.45, 2.75) is 19.2 Å². The molecule has 0 fully saturated rings. The second-order valence-electron chi connectivity index (χ2n) is 2.78. The van der Waals surface area contributed by atoms with Crippen molar-refractivity contribution >= 4 is 11.6 Å². The van der Waals surface area contributed by atoms with E-state index in [4.69, 9.17) is 11.6 Å². The van der Waals surface area contributed by atoms with Crippen LogP contribution in [0.2, 0.25) is 0 Å². The summed E-state index contributed by atoms with van der Waals surface area (Å²) in [5, 5.41) is 0. The normalized spacial score (nSPS) is 11.5. The van der Waals surface area contributed by atoms with E-state index in [9.17, 15) is 18.0 Å². The van der Waals surface area contributed by atoms with E-state index in [1.165, 1.54) is 6.92 Å². The van der Waals surface area contributed by atoms with Gasteiger partial charge >= 0.3 is 6.36 Å². The topological polar surface area (TPSA) is 42.1 Å². The van der Waals surface area contributed by atoms with E-state index in [1.807, 2.05) is 0 Å². The van der Waals surface area contributed by atoms with Crippen molar-refractivity contribution in [3.8, 4) is 5.88 Å². The highest BCUT2D eigenvalue weighted by Crippen LogP contribution is 2.20. The molecule has 1 heterocycles. The molecule has 3 nitrogen and oxygen atoms in total. The van der Waals surface area contributed by atoms with Crippen LogP contribution in [0.5, 0.6) is 5.88 Å². The third kappa shape index (κ3) is 3.16. The molecule has 0 bridgehead atoms. The molecule has 15 heavy (non-hydrogen) atoms. The number of ether oxygens (including phenoxy) is 1. The van der Waals surface area contributed by atoms with E-state index in [0.29, 0.717) is 0 Å². The number of alkyl halides is 4. The molecule has 0 amide bonds. The molecule has 0 saturated carbocycles. The number of rotatable bonds is 2. The zero-order valence-corrected chi connectivity index (χ0v) is 8.37. The molecule has 0 radical (unpaired) electrons. The Bertz CT molecular complexity index is 413. The average Bonchev–Trinajstić information content (AvgIpc) is 1.99. The highest BCUT2D eigenvalue weighted by Gasteiger charge is 2.31. The lowest BCUT2D eigenvalue weighted by Crippen LogP contribution is -2.20. The van der Waals surface area contributed by atoms with Gasteiger partial charge in [0, 0.05) is 17.3 Å². The molecule has 1 aromatic rings. The number of aryl methyl sites for hydroxylation is 1. The van der Waals surface area contributed by atoms with Crippen molar-refractivity contribution in [1.29, 1.82) is 0 Å². The molecule has 7 heteroatoms. The van der Waals surface area contributed by atoms with Crippen molar-refractivity contribution in [2.75, 3.05) is 0 Å². The molecule has 1 aromatic heterocycles. The van der Waals surface area contributed by atoms with Crippen LogP contribution >= 0.6 is 11.6 Å². The van der Waals surface area contributed by atoms with Crippen molar-refractivity contribution < 1.29 is 17.9 Å². The maximum Gasteiger partial charge on any atom is 0.574 e. The first-order valence-electron chi connectivity index (χ1n) is 3.88. The van der Waals surface area contributed by atoms with E-state index in [-0.39, 0.29) is 17.1 Å². The predicted molar refractivity (Wildman–Crippen MR) is 48.0 cm³/mol. The molecule has 0 aliphatic rings. The summed E-state index contributed by atoms with van der Waals surface area (Å²) >= 11 is 5.44. The molecule has 0 aliphatic heterocycles. The number of aromatic nitrogens is 1. The first kappa shape index (κ1) is 11.9. The smallest absolute Gasteiger partial charge is 0.390 e. The SMILES string of the molecule is Cc1[nH]c(OC(F)(F)F)cc(=O)c1CCl. The second kappa shape index (κ2) is 4.14. The Hall–Kier alpha value is -1.17. The summed E-state index contributed by atoms with van der Waals surface area (Å²) in [6, 6.07) is 0.720. The first-order chi connectivity index (χ1) is 6.83. The third-order valence-electron chi connectivity index (χ3n) is 1.68. The van der Waals surface area contributed by atoms with Gasteiger partial charge in [0.25, 0.3) is 0 Å². The van der Waals surface area contributed by atoms with E-state index in [2.05, 4.69) is 9.72 Å². The zero-order valence-electron chi connectivity index (χ0n) is 7.61. The van der Waals surface area contributed by atoms with Gasteiger partial charge in [-0.15, -0.1) is 24.8 Å². The van der Waals surface area contributed by atoms with Gasteiger partial charge in [-0.1, -0.05) is 0 Å². The number of halogens is 4. The Balaban J connectivity index is 3.10. The van der Waals surface area contributed by atoms with Gasteiger partial charge in [-0.05, 0) is 6.92 Å². The number of hydrogen-bond acceptors (Lipinski definition) is 2. The first-order valence-corrected chi connectivity index (χ1v) is 4.41. The summed E-state index contributed by atoms with van der Waals surface area (Å²) in [5.74, 6) is -0.702. The molecule has 0 unspecified atom stereocenters. The Kier molecular flexibility index (Phi) is 3.28. The number of hydrogen-bond donors (Lipinski definition) is 1. The Morgan fingerprint density at radius 1 is 1.53 bits per heavy atom. The van der Waals surface area contributed by atoms with Gasteiger partial charge in [0.05, 0.1) is 5.88 Å². The molecular weight excluding hydrogens is 235 g/mol. The van der Waals surface area contributed by atoms with Gasteiger partial charge in [-0.2, -0.15) is 0 Å². The molecule has 1 N–H and O–H groups in total. The van der Waals surface area contributed by atoms with E-state index in [0.717, 1.165) is 6.07 Å². The highest BCUT2D eigenvalue weighted by molar-refractivity contribution is 6.17. The summed E-state index contributed by atoms with van der Waals surface area (Å²) in [6.45, 7) is 1.45. The van der Waals surface area contributed by atoms with Gasteiger partial charge < -0.3 is 9.72 Å². The summed E-state index contributed by atoms with van der Waals surface area (Å²) in [7, 11) is 0. The van der Waals surface area contributed by atoms with Crippen LogP contribution in [0.15, 0.2) is 10.9 Å². The van der Waals surface area contributed by atoms with Gasteiger partial charge in [-0.3, -0.25) is 4.79 Å². The van der Waals surface area contributed by atoms with Crippen LogP contribution in [0.4, 0.5) is 13.2 Å². The minimum absolute atomic E-state index is 0.0620. The minimum atomic E-state index is -4.82. The molecule has 0 spiro atoms. The fraction of sp³-hybridized carbons (Fsp3) is 0.375.